The van der Waals surface area contributed by atoms with E-state index < -0.39 is 0 Å². The van der Waals surface area contributed by atoms with Crippen LogP contribution < -0.4 is 10.6 Å². The minimum Gasteiger partial charge on any atom is -0.462 e. The minimum absolute atomic E-state index is 0.387. The topological polar surface area (TPSA) is 55.6 Å². The quantitative estimate of drug-likeness (QED) is 0.508. The van der Waals surface area contributed by atoms with Crippen molar-refractivity contribution >= 4 is 28.9 Å². The molecule has 2 N–H and O–H groups in total. The molecule has 0 saturated carbocycles. The molecule has 18 heavy (non-hydrogen) atoms. The lowest BCUT2D eigenvalue weighted by Crippen LogP contribution is -2.13. The molecule has 0 amide bonds. The van der Waals surface area contributed by atoms with Gasteiger partial charge in [0.25, 0.3) is 0 Å². The zero-order chi connectivity index (χ0) is 13.7. The van der Waals surface area contributed by atoms with Crippen molar-refractivity contribution in [1.29, 1.82) is 0 Å². The van der Waals surface area contributed by atoms with Gasteiger partial charge in [0.15, 0.2) is 0 Å². The molecule has 0 bridgehead atoms. The predicted molar refractivity (Wildman–Crippen MR) is 75.4 cm³/mol. The van der Waals surface area contributed by atoms with E-state index in [0.29, 0.717) is 28.6 Å². The molecule has 1 aromatic carbocycles. The smallest absolute Gasteiger partial charge is 0.338 e. The van der Waals surface area contributed by atoms with Crippen LogP contribution in [0.5, 0.6) is 0 Å². The summed E-state index contributed by atoms with van der Waals surface area (Å²) in [4.78, 5) is 13.6. The second-order valence-electron chi connectivity index (χ2n) is 4.28. The zero-order valence-corrected chi connectivity index (χ0v) is 11.8. The van der Waals surface area contributed by atoms with Crippen LogP contribution in [-0.4, -0.2) is 26.7 Å². The number of carbonyl (C=O) groups is 1. The van der Waals surface area contributed by atoms with Gasteiger partial charge in [-0.3, -0.25) is 0 Å². The van der Waals surface area contributed by atoms with Crippen molar-refractivity contribution in [2.24, 2.45) is 0 Å². The van der Waals surface area contributed by atoms with Crippen molar-refractivity contribution in [1.82, 2.24) is 0 Å². The first-order chi connectivity index (χ1) is 8.47. The van der Waals surface area contributed by atoms with Crippen molar-refractivity contribution in [3.8, 4) is 0 Å². The second kappa shape index (κ2) is 6.50. The van der Waals surface area contributed by atoms with Crippen molar-refractivity contribution in [2.45, 2.75) is 19.8 Å². The number of carbonyl (C=O) groups excluding carboxylic acids is 1. The Bertz CT molecular complexity index is 410. The van der Waals surface area contributed by atoms with Gasteiger partial charge in [-0.1, -0.05) is 24.9 Å². The van der Waals surface area contributed by atoms with E-state index in [4.69, 9.17) is 22.1 Å². The maximum Gasteiger partial charge on any atom is 0.338 e. The van der Waals surface area contributed by atoms with Crippen molar-refractivity contribution < 1.29 is 9.53 Å². The van der Waals surface area contributed by atoms with Crippen LogP contribution in [0.2, 0.25) is 5.02 Å². The van der Waals surface area contributed by atoms with Crippen LogP contribution in [-0.2, 0) is 4.74 Å². The van der Waals surface area contributed by atoms with Crippen LogP contribution in [0, 0.1) is 0 Å². The standard InChI is InChI=1S/C13H19ClN2O2/c1-4-5-6-18-13(17)9-7-10(14)12(16(2)3)11(15)8-9/h7-8H,4-6,15H2,1-3H3. The van der Waals surface area contributed by atoms with Crippen LogP contribution in [0.4, 0.5) is 11.4 Å². The molecule has 1 aromatic rings. The molecule has 0 saturated heterocycles. The van der Waals surface area contributed by atoms with Gasteiger partial charge in [-0.15, -0.1) is 0 Å². The summed E-state index contributed by atoms with van der Waals surface area (Å²) >= 11 is 6.11. The summed E-state index contributed by atoms with van der Waals surface area (Å²) in [6.07, 6.45) is 1.83. The summed E-state index contributed by atoms with van der Waals surface area (Å²) in [5.74, 6) is -0.387. The van der Waals surface area contributed by atoms with Gasteiger partial charge < -0.3 is 15.4 Å². The van der Waals surface area contributed by atoms with Crippen LogP contribution in [0.25, 0.3) is 0 Å². The van der Waals surface area contributed by atoms with Crippen LogP contribution in [0.15, 0.2) is 12.1 Å². The lowest BCUT2D eigenvalue weighted by molar-refractivity contribution is 0.0500. The summed E-state index contributed by atoms with van der Waals surface area (Å²) in [5, 5.41) is 0.447. The van der Waals surface area contributed by atoms with Gasteiger partial charge in [0.05, 0.1) is 28.6 Å². The number of unbranched alkanes of at least 4 members (excludes halogenated alkanes) is 1. The maximum absolute atomic E-state index is 11.8. The first kappa shape index (κ1) is 14.6. The molecular weight excluding hydrogens is 252 g/mol. The molecule has 0 spiro atoms. The Morgan fingerprint density at radius 1 is 1.44 bits per heavy atom. The molecule has 0 unspecified atom stereocenters. The Morgan fingerprint density at radius 2 is 2.11 bits per heavy atom. The van der Waals surface area contributed by atoms with E-state index in [1.807, 2.05) is 25.9 Å². The Balaban J connectivity index is 2.89. The molecular formula is C13H19ClN2O2. The maximum atomic E-state index is 11.8. The Labute approximate surface area is 113 Å². The van der Waals surface area contributed by atoms with Gasteiger partial charge in [0.1, 0.15) is 0 Å². The Hall–Kier alpha value is -1.42. The normalized spacial score (nSPS) is 10.2. The van der Waals surface area contributed by atoms with Crippen molar-refractivity contribution in [2.75, 3.05) is 31.3 Å². The number of hydrogen-bond acceptors (Lipinski definition) is 4. The fraction of sp³-hybridized carbons (Fsp3) is 0.462. The predicted octanol–water partition coefficient (Wildman–Crippen LogP) is 2.95. The summed E-state index contributed by atoms with van der Waals surface area (Å²) < 4.78 is 5.11. The average molecular weight is 271 g/mol. The summed E-state index contributed by atoms with van der Waals surface area (Å²) in [6, 6.07) is 3.18. The number of anilines is 2. The molecule has 0 aliphatic carbocycles. The van der Waals surface area contributed by atoms with E-state index in [9.17, 15) is 4.79 Å². The van der Waals surface area contributed by atoms with Crippen molar-refractivity contribution in [3.05, 3.63) is 22.7 Å². The van der Waals surface area contributed by atoms with Gasteiger partial charge >= 0.3 is 5.97 Å². The van der Waals surface area contributed by atoms with E-state index in [2.05, 4.69) is 0 Å². The third kappa shape index (κ3) is 3.53. The minimum atomic E-state index is -0.387. The fourth-order valence-electron chi connectivity index (χ4n) is 1.60. The Morgan fingerprint density at radius 3 is 2.61 bits per heavy atom. The molecule has 0 heterocycles. The van der Waals surface area contributed by atoms with Gasteiger partial charge in [0.2, 0.25) is 0 Å². The summed E-state index contributed by atoms with van der Waals surface area (Å²) in [7, 11) is 3.69. The van der Waals surface area contributed by atoms with E-state index in [0.717, 1.165) is 12.8 Å². The van der Waals surface area contributed by atoms with Crippen LogP contribution in [0.3, 0.4) is 0 Å². The van der Waals surface area contributed by atoms with Gasteiger partial charge in [0, 0.05) is 14.1 Å². The number of benzene rings is 1. The van der Waals surface area contributed by atoms with E-state index in [1.54, 1.807) is 12.1 Å². The first-order valence-corrected chi connectivity index (χ1v) is 6.28. The van der Waals surface area contributed by atoms with E-state index in [1.165, 1.54) is 0 Å². The van der Waals surface area contributed by atoms with Crippen LogP contribution in [0.1, 0.15) is 30.1 Å². The van der Waals surface area contributed by atoms with Gasteiger partial charge in [-0.2, -0.15) is 0 Å². The lowest BCUT2D eigenvalue weighted by Gasteiger charge is -2.17. The fourth-order valence-corrected chi connectivity index (χ4v) is 2.00. The van der Waals surface area contributed by atoms with Crippen LogP contribution >= 0.6 is 11.6 Å². The lowest BCUT2D eigenvalue weighted by atomic mass is 10.1. The Kier molecular flexibility index (Phi) is 5.28. The molecule has 100 valence electrons. The molecule has 0 radical (unpaired) electrons. The van der Waals surface area contributed by atoms with Gasteiger partial charge in [-0.05, 0) is 18.6 Å². The van der Waals surface area contributed by atoms with Crippen molar-refractivity contribution in [3.63, 3.8) is 0 Å². The number of rotatable bonds is 5. The SMILES string of the molecule is CCCCOC(=O)c1cc(N)c(N(C)C)c(Cl)c1. The third-order valence-electron chi connectivity index (χ3n) is 2.51. The molecule has 0 aromatic heterocycles. The average Bonchev–Trinajstić information content (AvgIpc) is 2.27. The summed E-state index contributed by atoms with van der Waals surface area (Å²) in [5.41, 5.74) is 7.45. The second-order valence-corrected chi connectivity index (χ2v) is 4.69. The number of nitrogen functional groups attached to an aromatic ring is 1. The number of hydrogen-bond donors (Lipinski definition) is 1. The number of esters is 1. The highest BCUT2D eigenvalue weighted by molar-refractivity contribution is 6.34. The highest BCUT2D eigenvalue weighted by Gasteiger charge is 2.14. The number of nitrogens with two attached hydrogens (primary N) is 1. The highest BCUT2D eigenvalue weighted by Crippen LogP contribution is 2.32. The molecule has 4 nitrogen and oxygen atoms in total. The number of ether oxygens (including phenoxy) is 1. The van der Waals surface area contributed by atoms with Gasteiger partial charge in [-0.25, -0.2) is 4.79 Å². The number of nitrogens with zero attached hydrogens (tertiary/aromatic N) is 1. The molecule has 5 heteroatoms. The molecule has 0 fully saturated rings. The number of halogens is 1. The molecule has 1 rings (SSSR count). The highest BCUT2D eigenvalue weighted by atomic mass is 35.5. The largest absolute Gasteiger partial charge is 0.462 e. The first-order valence-electron chi connectivity index (χ1n) is 5.90. The monoisotopic (exact) mass is 270 g/mol. The molecule has 0 atom stereocenters. The molecule has 0 aliphatic rings. The summed E-state index contributed by atoms with van der Waals surface area (Å²) in [6.45, 7) is 2.46. The molecule has 0 aliphatic heterocycles. The van der Waals surface area contributed by atoms with E-state index >= 15 is 0 Å². The zero-order valence-electron chi connectivity index (χ0n) is 11.0. The third-order valence-corrected chi connectivity index (χ3v) is 2.79. The van der Waals surface area contributed by atoms with E-state index in [-0.39, 0.29) is 5.97 Å².